The molecule has 7 nitrogen and oxygen atoms in total. The molecule has 10 heteroatoms. The zero-order valence-electron chi connectivity index (χ0n) is 14.4. The summed E-state index contributed by atoms with van der Waals surface area (Å²) in [6.07, 6.45) is 0. The second-order valence-electron chi connectivity index (χ2n) is 5.55. The first-order chi connectivity index (χ1) is 12.8. The fourth-order valence-electron chi connectivity index (χ4n) is 2.37. The maximum absolute atomic E-state index is 12.9. The first kappa shape index (κ1) is 19.8. The van der Waals surface area contributed by atoms with Crippen LogP contribution in [0.1, 0.15) is 5.89 Å². The van der Waals surface area contributed by atoms with Gasteiger partial charge in [0.2, 0.25) is 21.7 Å². The van der Waals surface area contributed by atoms with Crippen LogP contribution in [0.5, 0.6) is 5.75 Å². The molecule has 3 aromatic rings. The number of hydrogen-bond donors (Lipinski definition) is 0. The molecule has 0 fully saturated rings. The molecule has 1 aromatic heterocycles. The molecular weight excluding hydrogens is 458 g/mol. The van der Waals surface area contributed by atoms with E-state index in [9.17, 15) is 8.42 Å². The summed E-state index contributed by atoms with van der Waals surface area (Å²) in [4.78, 5) is 4.27. The van der Waals surface area contributed by atoms with Gasteiger partial charge in [-0.1, -0.05) is 44.8 Å². The van der Waals surface area contributed by atoms with Gasteiger partial charge < -0.3 is 9.26 Å². The highest BCUT2D eigenvalue weighted by Crippen LogP contribution is 2.30. The number of nitrogens with zero attached hydrogens (tertiary/aromatic N) is 3. The van der Waals surface area contributed by atoms with Crippen molar-refractivity contribution in [3.8, 4) is 17.1 Å². The summed E-state index contributed by atoms with van der Waals surface area (Å²) in [6.45, 7) is -0.102. The second-order valence-corrected chi connectivity index (χ2v) is 8.88. The SMILES string of the molecule is COc1ccc(Br)cc1S(=O)(=O)N(C)Cc1nc(-c2ccccc2Cl)no1. The minimum Gasteiger partial charge on any atom is -0.495 e. The molecule has 0 N–H and O–H groups in total. The standard InChI is InChI=1S/C17H15BrClN3O4S/c1-22(27(23,24)15-9-11(18)7-8-14(15)25-2)10-16-20-17(21-26-16)12-5-3-4-6-13(12)19/h3-9H,10H2,1-2H3. The number of rotatable bonds is 6. The minimum atomic E-state index is -3.84. The molecule has 0 atom stereocenters. The van der Waals surface area contributed by atoms with Gasteiger partial charge in [0, 0.05) is 17.1 Å². The van der Waals surface area contributed by atoms with E-state index >= 15 is 0 Å². The van der Waals surface area contributed by atoms with E-state index in [2.05, 4.69) is 26.1 Å². The van der Waals surface area contributed by atoms with Crippen molar-refractivity contribution in [2.75, 3.05) is 14.2 Å². The summed E-state index contributed by atoms with van der Waals surface area (Å²) in [5.41, 5.74) is 0.605. The summed E-state index contributed by atoms with van der Waals surface area (Å²) in [5.74, 6) is 0.679. The van der Waals surface area contributed by atoms with Crippen molar-refractivity contribution in [3.05, 3.63) is 57.9 Å². The molecule has 0 unspecified atom stereocenters. The smallest absolute Gasteiger partial charge is 0.247 e. The molecule has 0 radical (unpaired) electrons. The van der Waals surface area contributed by atoms with Crippen molar-refractivity contribution in [1.29, 1.82) is 0 Å². The van der Waals surface area contributed by atoms with Crippen LogP contribution in [0.3, 0.4) is 0 Å². The lowest BCUT2D eigenvalue weighted by atomic mass is 10.2. The van der Waals surface area contributed by atoms with Crippen LogP contribution >= 0.6 is 27.5 Å². The molecule has 0 saturated heterocycles. The fraction of sp³-hybridized carbons (Fsp3) is 0.176. The number of halogens is 2. The molecule has 0 saturated carbocycles. The van der Waals surface area contributed by atoms with Crippen molar-refractivity contribution in [1.82, 2.24) is 14.4 Å². The number of ether oxygens (including phenoxy) is 1. The van der Waals surface area contributed by atoms with Gasteiger partial charge in [-0.2, -0.15) is 9.29 Å². The van der Waals surface area contributed by atoms with Crippen molar-refractivity contribution in [3.63, 3.8) is 0 Å². The van der Waals surface area contributed by atoms with Gasteiger partial charge in [-0.05, 0) is 30.3 Å². The Balaban J connectivity index is 1.87. The Kier molecular flexibility index (Phi) is 5.85. The quantitative estimate of drug-likeness (QED) is 0.539. The highest BCUT2D eigenvalue weighted by atomic mass is 79.9. The van der Waals surface area contributed by atoms with Gasteiger partial charge in [-0.25, -0.2) is 8.42 Å². The Morgan fingerprint density at radius 1 is 1.26 bits per heavy atom. The number of sulfonamides is 1. The first-order valence-corrected chi connectivity index (χ1v) is 10.3. The molecule has 0 aliphatic heterocycles. The van der Waals surface area contributed by atoms with Crippen LogP contribution in [0, 0.1) is 0 Å². The van der Waals surface area contributed by atoms with E-state index in [1.165, 1.54) is 20.2 Å². The number of methoxy groups -OCH3 is 1. The van der Waals surface area contributed by atoms with E-state index in [4.69, 9.17) is 20.9 Å². The number of benzene rings is 2. The maximum atomic E-state index is 12.9. The predicted molar refractivity (Wildman–Crippen MR) is 104 cm³/mol. The molecule has 0 spiro atoms. The molecule has 0 bridgehead atoms. The average molecular weight is 473 g/mol. The van der Waals surface area contributed by atoms with Gasteiger partial charge in [-0.3, -0.25) is 0 Å². The molecule has 2 aromatic carbocycles. The van der Waals surface area contributed by atoms with Gasteiger partial charge in [0.05, 0.1) is 18.7 Å². The first-order valence-electron chi connectivity index (χ1n) is 7.70. The van der Waals surface area contributed by atoms with Gasteiger partial charge >= 0.3 is 0 Å². The van der Waals surface area contributed by atoms with E-state index in [1.807, 2.05) is 0 Å². The molecule has 1 heterocycles. The van der Waals surface area contributed by atoms with Gasteiger partial charge in [-0.15, -0.1) is 0 Å². The number of hydrogen-bond acceptors (Lipinski definition) is 6. The Bertz CT molecular complexity index is 1070. The molecule has 3 rings (SSSR count). The lowest BCUT2D eigenvalue weighted by Crippen LogP contribution is -2.27. The van der Waals surface area contributed by atoms with E-state index in [1.54, 1.807) is 36.4 Å². The molecule has 142 valence electrons. The largest absolute Gasteiger partial charge is 0.495 e. The minimum absolute atomic E-state index is 0.0349. The third-order valence-electron chi connectivity index (χ3n) is 3.75. The Morgan fingerprint density at radius 2 is 2.00 bits per heavy atom. The molecule has 27 heavy (non-hydrogen) atoms. The van der Waals surface area contributed by atoms with Gasteiger partial charge in [0.15, 0.2) is 0 Å². The molecule has 0 aliphatic rings. The summed E-state index contributed by atoms with van der Waals surface area (Å²) in [7, 11) is -1.00. The highest BCUT2D eigenvalue weighted by Gasteiger charge is 2.27. The van der Waals surface area contributed by atoms with Crippen LogP contribution < -0.4 is 4.74 Å². The van der Waals surface area contributed by atoms with Crippen LogP contribution in [0.25, 0.3) is 11.4 Å². The lowest BCUT2D eigenvalue weighted by Gasteiger charge is -2.17. The summed E-state index contributed by atoms with van der Waals surface area (Å²) in [6, 6.07) is 11.8. The van der Waals surface area contributed by atoms with Crippen molar-refractivity contribution in [2.24, 2.45) is 0 Å². The summed E-state index contributed by atoms with van der Waals surface area (Å²) < 4.78 is 37.9. The summed E-state index contributed by atoms with van der Waals surface area (Å²) >= 11 is 9.41. The van der Waals surface area contributed by atoms with Crippen molar-refractivity contribution < 1.29 is 17.7 Å². The van der Waals surface area contributed by atoms with Crippen LogP contribution in [0.4, 0.5) is 0 Å². The van der Waals surface area contributed by atoms with E-state index in [0.717, 1.165) is 4.31 Å². The molecule has 0 amide bonds. The monoisotopic (exact) mass is 471 g/mol. The average Bonchev–Trinajstić information content (AvgIpc) is 3.10. The van der Waals surface area contributed by atoms with Gasteiger partial charge in [0.25, 0.3) is 0 Å². The van der Waals surface area contributed by atoms with Crippen molar-refractivity contribution >= 4 is 37.6 Å². The Labute approximate surface area is 170 Å². The molecule has 0 aliphatic carbocycles. The highest BCUT2D eigenvalue weighted by molar-refractivity contribution is 9.10. The Hall–Kier alpha value is -1.94. The zero-order valence-corrected chi connectivity index (χ0v) is 17.5. The van der Waals surface area contributed by atoms with Gasteiger partial charge in [0.1, 0.15) is 10.6 Å². The predicted octanol–water partition coefficient (Wildman–Crippen LogP) is 3.98. The fourth-order valence-corrected chi connectivity index (χ4v) is 4.40. The second kappa shape index (κ2) is 7.97. The van der Waals surface area contributed by atoms with Crippen LogP contribution in [0.2, 0.25) is 5.02 Å². The zero-order chi connectivity index (χ0) is 19.6. The maximum Gasteiger partial charge on any atom is 0.247 e. The van der Waals surface area contributed by atoms with E-state index in [-0.39, 0.29) is 23.1 Å². The lowest BCUT2D eigenvalue weighted by molar-refractivity contribution is 0.335. The van der Waals surface area contributed by atoms with Crippen LogP contribution in [-0.4, -0.2) is 37.0 Å². The summed E-state index contributed by atoms with van der Waals surface area (Å²) in [5, 5.41) is 4.36. The number of aromatic nitrogens is 2. The van der Waals surface area contributed by atoms with Crippen LogP contribution in [0.15, 0.2) is 56.4 Å². The normalized spacial score (nSPS) is 11.7. The van der Waals surface area contributed by atoms with Crippen molar-refractivity contribution in [2.45, 2.75) is 11.4 Å². The van der Waals surface area contributed by atoms with Crippen LogP contribution in [-0.2, 0) is 16.6 Å². The van der Waals surface area contributed by atoms with E-state index < -0.39 is 10.0 Å². The topological polar surface area (TPSA) is 85.5 Å². The Morgan fingerprint density at radius 3 is 2.70 bits per heavy atom. The third kappa shape index (κ3) is 4.16. The van der Waals surface area contributed by atoms with E-state index in [0.29, 0.717) is 20.9 Å². The third-order valence-corrected chi connectivity index (χ3v) is 6.40. The molecular formula is C17H15BrClN3O4S.